The number of piperidine rings is 1. The fourth-order valence-corrected chi connectivity index (χ4v) is 4.06. The average molecular weight is 302 g/mol. The van der Waals surface area contributed by atoms with E-state index >= 15 is 0 Å². The van der Waals surface area contributed by atoms with Crippen LogP contribution in [0.3, 0.4) is 0 Å². The molecule has 4 rings (SSSR count). The van der Waals surface area contributed by atoms with Gasteiger partial charge in [-0.15, -0.1) is 0 Å². The van der Waals surface area contributed by atoms with E-state index in [1.165, 1.54) is 32.4 Å². The predicted molar refractivity (Wildman–Crippen MR) is 84.9 cm³/mol. The molecule has 1 aromatic rings. The van der Waals surface area contributed by atoms with Crippen molar-refractivity contribution in [3.63, 3.8) is 0 Å². The molecule has 0 N–H and O–H groups in total. The van der Waals surface area contributed by atoms with Gasteiger partial charge in [0.1, 0.15) is 0 Å². The highest BCUT2D eigenvalue weighted by Crippen LogP contribution is 2.41. The SMILES string of the molecule is c1ccc(OC[C@@]23CCCO[C@@H]2CCN(CC2CC2)C3)nc1. The quantitative estimate of drug-likeness (QED) is 0.837. The first kappa shape index (κ1) is 14.5. The summed E-state index contributed by atoms with van der Waals surface area (Å²) in [5.41, 5.74) is 0.156. The summed E-state index contributed by atoms with van der Waals surface area (Å²) in [6, 6.07) is 5.85. The molecule has 0 amide bonds. The minimum Gasteiger partial charge on any atom is -0.477 e. The molecule has 2 aliphatic heterocycles. The van der Waals surface area contributed by atoms with E-state index in [0.717, 1.165) is 44.4 Å². The number of aromatic nitrogens is 1. The van der Waals surface area contributed by atoms with Crippen LogP contribution in [0.5, 0.6) is 5.88 Å². The maximum atomic E-state index is 6.12. The van der Waals surface area contributed by atoms with Crippen molar-refractivity contribution in [2.75, 3.05) is 32.8 Å². The molecule has 0 aromatic carbocycles. The molecule has 22 heavy (non-hydrogen) atoms. The Labute approximate surface area is 132 Å². The predicted octanol–water partition coefficient (Wildman–Crippen LogP) is 2.74. The van der Waals surface area contributed by atoms with E-state index in [9.17, 15) is 0 Å². The summed E-state index contributed by atoms with van der Waals surface area (Å²) in [5, 5.41) is 0. The van der Waals surface area contributed by atoms with Crippen LogP contribution in [0.4, 0.5) is 0 Å². The van der Waals surface area contributed by atoms with Crippen LogP contribution in [0.25, 0.3) is 0 Å². The fourth-order valence-electron chi connectivity index (χ4n) is 4.06. The van der Waals surface area contributed by atoms with Crippen molar-refractivity contribution in [2.24, 2.45) is 11.3 Å². The Bertz CT molecular complexity index is 491. The third kappa shape index (κ3) is 3.13. The lowest BCUT2D eigenvalue weighted by molar-refractivity contribution is -0.140. The van der Waals surface area contributed by atoms with Gasteiger partial charge >= 0.3 is 0 Å². The van der Waals surface area contributed by atoms with Crippen molar-refractivity contribution >= 4 is 0 Å². The van der Waals surface area contributed by atoms with E-state index in [1.807, 2.05) is 18.2 Å². The number of ether oxygens (including phenoxy) is 2. The van der Waals surface area contributed by atoms with Gasteiger partial charge in [-0.05, 0) is 44.1 Å². The van der Waals surface area contributed by atoms with Gasteiger partial charge in [0.2, 0.25) is 5.88 Å². The lowest BCUT2D eigenvalue weighted by atomic mass is 9.73. The Kier molecular flexibility index (Phi) is 4.05. The van der Waals surface area contributed by atoms with Crippen molar-refractivity contribution in [1.82, 2.24) is 9.88 Å². The highest BCUT2D eigenvalue weighted by atomic mass is 16.5. The second-order valence-electron chi connectivity index (χ2n) is 7.25. The maximum Gasteiger partial charge on any atom is 0.213 e. The molecule has 0 spiro atoms. The minimum atomic E-state index is 0.156. The first-order valence-electron chi connectivity index (χ1n) is 8.72. The second kappa shape index (κ2) is 6.17. The Balaban J connectivity index is 1.45. The molecule has 3 aliphatic rings. The van der Waals surface area contributed by atoms with E-state index < -0.39 is 0 Å². The molecule has 0 unspecified atom stereocenters. The number of rotatable bonds is 5. The van der Waals surface area contributed by atoms with Crippen molar-refractivity contribution in [3.05, 3.63) is 24.4 Å². The van der Waals surface area contributed by atoms with Crippen molar-refractivity contribution < 1.29 is 9.47 Å². The van der Waals surface area contributed by atoms with Crippen LogP contribution in [-0.2, 0) is 4.74 Å². The molecule has 1 saturated carbocycles. The van der Waals surface area contributed by atoms with E-state index in [4.69, 9.17) is 9.47 Å². The normalized spacial score (nSPS) is 32.5. The number of hydrogen-bond donors (Lipinski definition) is 0. The highest BCUT2D eigenvalue weighted by Gasteiger charge is 2.47. The zero-order chi connectivity index (χ0) is 14.8. The van der Waals surface area contributed by atoms with Crippen molar-refractivity contribution in [1.29, 1.82) is 0 Å². The van der Waals surface area contributed by atoms with E-state index in [2.05, 4.69) is 9.88 Å². The molecule has 3 heterocycles. The van der Waals surface area contributed by atoms with Gasteiger partial charge in [0.15, 0.2) is 0 Å². The summed E-state index contributed by atoms with van der Waals surface area (Å²) in [4.78, 5) is 6.96. The summed E-state index contributed by atoms with van der Waals surface area (Å²) in [7, 11) is 0. The number of nitrogens with zero attached hydrogens (tertiary/aromatic N) is 2. The van der Waals surface area contributed by atoms with Gasteiger partial charge in [0.25, 0.3) is 0 Å². The van der Waals surface area contributed by atoms with E-state index in [1.54, 1.807) is 6.20 Å². The van der Waals surface area contributed by atoms with Crippen molar-refractivity contribution in [2.45, 2.75) is 38.2 Å². The second-order valence-corrected chi connectivity index (χ2v) is 7.25. The van der Waals surface area contributed by atoms with Gasteiger partial charge in [-0.25, -0.2) is 4.98 Å². The van der Waals surface area contributed by atoms with Gasteiger partial charge in [-0.1, -0.05) is 6.07 Å². The third-order valence-corrected chi connectivity index (χ3v) is 5.43. The monoisotopic (exact) mass is 302 g/mol. The molecule has 4 nitrogen and oxygen atoms in total. The smallest absolute Gasteiger partial charge is 0.213 e. The van der Waals surface area contributed by atoms with E-state index in [0.29, 0.717) is 6.10 Å². The zero-order valence-electron chi connectivity index (χ0n) is 13.2. The third-order valence-electron chi connectivity index (χ3n) is 5.43. The minimum absolute atomic E-state index is 0.156. The molecule has 1 aromatic heterocycles. The molecule has 2 saturated heterocycles. The Morgan fingerprint density at radius 2 is 2.27 bits per heavy atom. The topological polar surface area (TPSA) is 34.6 Å². The molecule has 0 radical (unpaired) electrons. The largest absolute Gasteiger partial charge is 0.477 e. The average Bonchev–Trinajstić information content (AvgIpc) is 3.38. The van der Waals surface area contributed by atoms with Gasteiger partial charge in [-0.2, -0.15) is 0 Å². The van der Waals surface area contributed by atoms with Crippen LogP contribution in [0.2, 0.25) is 0 Å². The van der Waals surface area contributed by atoms with Gasteiger partial charge in [-0.3, -0.25) is 0 Å². The summed E-state index contributed by atoms with van der Waals surface area (Å²) in [5.74, 6) is 1.69. The van der Waals surface area contributed by atoms with Crippen molar-refractivity contribution in [3.8, 4) is 5.88 Å². The number of hydrogen-bond acceptors (Lipinski definition) is 4. The van der Waals surface area contributed by atoms with Gasteiger partial charge in [0.05, 0.1) is 12.7 Å². The molecule has 1 aliphatic carbocycles. The Morgan fingerprint density at radius 3 is 3.09 bits per heavy atom. The van der Waals surface area contributed by atoms with Crippen LogP contribution in [0.1, 0.15) is 32.1 Å². The van der Waals surface area contributed by atoms with E-state index in [-0.39, 0.29) is 5.41 Å². The summed E-state index contributed by atoms with van der Waals surface area (Å²) in [6.45, 7) is 5.24. The Morgan fingerprint density at radius 1 is 1.32 bits per heavy atom. The molecule has 0 bridgehead atoms. The first-order valence-corrected chi connectivity index (χ1v) is 8.72. The fraction of sp³-hybridized carbons (Fsp3) is 0.722. The first-order chi connectivity index (χ1) is 10.8. The van der Waals surface area contributed by atoms with Crippen LogP contribution in [0.15, 0.2) is 24.4 Å². The van der Waals surface area contributed by atoms with Crippen LogP contribution < -0.4 is 4.74 Å². The lowest BCUT2D eigenvalue weighted by Crippen LogP contribution is -2.57. The molecule has 4 heteroatoms. The summed E-state index contributed by atoms with van der Waals surface area (Å²) < 4.78 is 12.2. The zero-order valence-corrected chi connectivity index (χ0v) is 13.2. The Hall–Kier alpha value is -1.13. The molecule has 2 atom stereocenters. The summed E-state index contributed by atoms with van der Waals surface area (Å²) >= 11 is 0. The maximum absolute atomic E-state index is 6.12. The van der Waals surface area contributed by atoms with Gasteiger partial charge in [0, 0.05) is 43.9 Å². The number of likely N-dealkylation sites (tertiary alicyclic amines) is 1. The lowest BCUT2D eigenvalue weighted by Gasteiger charge is -2.50. The number of pyridine rings is 1. The van der Waals surface area contributed by atoms with Gasteiger partial charge < -0.3 is 14.4 Å². The van der Waals surface area contributed by atoms with Crippen LogP contribution in [-0.4, -0.2) is 48.8 Å². The van der Waals surface area contributed by atoms with Crippen LogP contribution in [0, 0.1) is 11.3 Å². The molecule has 120 valence electrons. The molecular formula is C18H26N2O2. The molecular weight excluding hydrogens is 276 g/mol. The number of fused-ring (bicyclic) bond motifs is 1. The standard InChI is InChI=1S/C18H26N2O2/c1-2-9-19-17(4-1)22-14-18-8-3-11-21-16(18)7-10-20(13-18)12-15-5-6-15/h1-2,4,9,15-16H,3,5-8,10-14H2/t16-,18+/m1/s1. The molecule has 3 fully saturated rings. The summed E-state index contributed by atoms with van der Waals surface area (Å²) in [6.07, 6.45) is 8.52. The van der Waals surface area contributed by atoms with Crippen LogP contribution >= 0.6 is 0 Å². The highest BCUT2D eigenvalue weighted by molar-refractivity contribution is 5.10.